The van der Waals surface area contributed by atoms with E-state index in [0.717, 1.165) is 8.45 Å². The molecular weight excluding hydrogens is 388 g/mol. The van der Waals surface area contributed by atoms with E-state index in [4.69, 9.17) is 16.9 Å². The Morgan fingerprint density at radius 3 is 2.94 bits per heavy atom. The van der Waals surface area contributed by atoms with Crippen LogP contribution < -0.4 is 5.32 Å². The van der Waals surface area contributed by atoms with Gasteiger partial charge in [-0.25, -0.2) is 9.37 Å². The quantitative estimate of drug-likeness (QED) is 0.801. The second-order valence-electron chi connectivity index (χ2n) is 3.36. The van der Waals surface area contributed by atoms with Crippen LogP contribution in [0.3, 0.4) is 0 Å². The number of rotatable bonds is 3. The molecule has 0 atom stereocenters. The second kappa shape index (κ2) is 5.82. The van der Waals surface area contributed by atoms with Crippen molar-refractivity contribution in [2.24, 2.45) is 0 Å². The summed E-state index contributed by atoms with van der Waals surface area (Å²) in [5.74, 6) is -0.525. The van der Waals surface area contributed by atoms with Gasteiger partial charge < -0.3 is 5.32 Å². The van der Waals surface area contributed by atoms with E-state index in [1.807, 2.05) is 6.07 Å². The number of hydrogen-bond donors (Lipinski definition) is 1. The van der Waals surface area contributed by atoms with Crippen LogP contribution in [0.25, 0.3) is 0 Å². The van der Waals surface area contributed by atoms with Gasteiger partial charge in [-0.1, -0.05) is 11.6 Å². The Labute approximate surface area is 126 Å². The smallest absolute Gasteiger partial charge is 0.183 e. The van der Waals surface area contributed by atoms with Crippen molar-refractivity contribution in [1.29, 1.82) is 5.26 Å². The molecule has 7 heteroatoms. The van der Waals surface area contributed by atoms with Crippen molar-refractivity contribution in [3.05, 3.63) is 42.6 Å². The zero-order valence-corrected chi connectivity index (χ0v) is 12.6. The van der Waals surface area contributed by atoms with Gasteiger partial charge in [-0.3, -0.25) is 0 Å². The molecule has 18 heavy (non-hydrogen) atoms. The number of thiazole rings is 1. The molecule has 1 heterocycles. The molecule has 1 N–H and O–H groups in total. The zero-order chi connectivity index (χ0) is 13.1. The van der Waals surface area contributed by atoms with Crippen LogP contribution >= 0.6 is 45.5 Å². The van der Waals surface area contributed by atoms with E-state index < -0.39 is 5.82 Å². The molecule has 0 bridgehead atoms. The lowest BCUT2D eigenvalue weighted by atomic mass is 10.2. The standard InChI is InChI=1S/C11H6ClFIN3S/c12-11-17-5-7(18-11)4-16-10-2-8(13)6(3-15)1-9(10)14/h1-2,5,16H,4H2. The number of benzene rings is 1. The third-order valence-electron chi connectivity index (χ3n) is 2.16. The summed E-state index contributed by atoms with van der Waals surface area (Å²) in [6.45, 7) is 0.520. The average Bonchev–Trinajstić information content (AvgIpc) is 2.75. The van der Waals surface area contributed by atoms with Crippen LogP contribution in [0.1, 0.15) is 10.4 Å². The number of nitrogens with zero attached hydrogens (tertiary/aromatic N) is 2. The predicted octanol–water partition coefficient (Wildman–Crippen LogP) is 4.02. The van der Waals surface area contributed by atoms with Gasteiger partial charge in [-0.15, -0.1) is 11.3 Å². The van der Waals surface area contributed by atoms with Gasteiger partial charge in [0.25, 0.3) is 0 Å². The lowest BCUT2D eigenvalue weighted by molar-refractivity contribution is 0.624. The molecule has 0 spiro atoms. The first-order valence-electron chi connectivity index (χ1n) is 4.83. The maximum atomic E-state index is 13.5. The Morgan fingerprint density at radius 1 is 1.56 bits per heavy atom. The minimum absolute atomic E-state index is 0.0470. The molecule has 0 amide bonds. The van der Waals surface area contributed by atoms with Gasteiger partial charge in [0.15, 0.2) is 4.47 Å². The summed E-state index contributed by atoms with van der Waals surface area (Å²) < 4.78 is 14.7. The minimum atomic E-state index is -0.525. The van der Waals surface area contributed by atoms with Crippen molar-refractivity contribution < 1.29 is 4.39 Å². The SMILES string of the molecule is N#Cc1cc(I)c(NCc2cnc(Cl)s2)cc1F. The van der Waals surface area contributed by atoms with Crippen LogP contribution in [0.4, 0.5) is 10.1 Å². The molecule has 2 aromatic rings. The predicted molar refractivity (Wildman–Crippen MR) is 78.3 cm³/mol. The van der Waals surface area contributed by atoms with Crippen LogP contribution in [0.5, 0.6) is 0 Å². The fraction of sp³-hybridized carbons (Fsp3) is 0.0909. The van der Waals surface area contributed by atoms with Crippen molar-refractivity contribution in [2.75, 3.05) is 5.32 Å². The topological polar surface area (TPSA) is 48.7 Å². The number of nitrogens with one attached hydrogen (secondary N) is 1. The van der Waals surface area contributed by atoms with Crippen molar-refractivity contribution in [3.8, 4) is 6.07 Å². The van der Waals surface area contributed by atoms with E-state index in [9.17, 15) is 4.39 Å². The summed E-state index contributed by atoms with van der Waals surface area (Å²) in [6, 6.07) is 4.64. The normalized spacial score (nSPS) is 10.1. The molecule has 2 rings (SSSR count). The number of anilines is 1. The van der Waals surface area contributed by atoms with E-state index >= 15 is 0 Å². The van der Waals surface area contributed by atoms with Crippen LogP contribution in [-0.4, -0.2) is 4.98 Å². The number of nitriles is 1. The van der Waals surface area contributed by atoms with Crippen LogP contribution in [0.15, 0.2) is 18.3 Å². The molecule has 1 aromatic carbocycles. The first kappa shape index (κ1) is 13.5. The van der Waals surface area contributed by atoms with Crippen LogP contribution in [-0.2, 0) is 6.54 Å². The summed E-state index contributed by atoms with van der Waals surface area (Å²) in [6.07, 6.45) is 1.67. The van der Waals surface area contributed by atoms with Crippen molar-refractivity contribution in [3.63, 3.8) is 0 Å². The van der Waals surface area contributed by atoms with Crippen LogP contribution in [0, 0.1) is 20.7 Å². The summed E-state index contributed by atoms with van der Waals surface area (Å²) in [5.41, 5.74) is 0.697. The highest BCUT2D eigenvalue weighted by Gasteiger charge is 2.08. The van der Waals surface area contributed by atoms with Gasteiger partial charge in [0.2, 0.25) is 0 Å². The largest absolute Gasteiger partial charge is 0.379 e. The van der Waals surface area contributed by atoms with Gasteiger partial charge in [0.05, 0.1) is 17.8 Å². The third-order valence-corrected chi connectivity index (χ3v) is 4.16. The van der Waals surface area contributed by atoms with Gasteiger partial charge >= 0.3 is 0 Å². The molecule has 0 saturated heterocycles. The fourth-order valence-electron chi connectivity index (χ4n) is 1.32. The second-order valence-corrected chi connectivity index (χ2v) is 6.22. The molecule has 0 unspecified atom stereocenters. The van der Waals surface area contributed by atoms with Gasteiger partial charge in [-0.2, -0.15) is 5.26 Å². The first-order chi connectivity index (χ1) is 8.60. The molecule has 92 valence electrons. The van der Waals surface area contributed by atoms with E-state index in [1.165, 1.54) is 23.5 Å². The van der Waals surface area contributed by atoms with E-state index in [-0.39, 0.29) is 5.56 Å². The zero-order valence-electron chi connectivity index (χ0n) is 8.88. The molecule has 0 fully saturated rings. The Kier molecular flexibility index (Phi) is 4.37. The van der Waals surface area contributed by atoms with E-state index in [0.29, 0.717) is 16.7 Å². The Balaban J connectivity index is 2.15. The van der Waals surface area contributed by atoms with Crippen molar-refractivity contribution in [2.45, 2.75) is 6.54 Å². The molecule has 0 aliphatic rings. The summed E-state index contributed by atoms with van der Waals surface area (Å²) in [7, 11) is 0. The highest BCUT2D eigenvalue weighted by molar-refractivity contribution is 14.1. The Hall–Kier alpha value is -0.910. The minimum Gasteiger partial charge on any atom is -0.379 e. The van der Waals surface area contributed by atoms with E-state index in [2.05, 4.69) is 32.9 Å². The van der Waals surface area contributed by atoms with E-state index in [1.54, 1.807) is 6.20 Å². The highest BCUT2D eigenvalue weighted by Crippen LogP contribution is 2.24. The maximum absolute atomic E-state index is 13.5. The Morgan fingerprint density at radius 2 is 2.33 bits per heavy atom. The lowest BCUT2D eigenvalue weighted by Gasteiger charge is -2.08. The average molecular weight is 394 g/mol. The molecular formula is C11H6ClFIN3S. The molecule has 1 aromatic heterocycles. The molecule has 0 radical (unpaired) electrons. The summed E-state index contributed by atoms with van der Waals surface area (Å²) in [4.78, 5) is 4.88. The Bertz CT molecular complexity index is 623. The highest BCUT2D eigenvalue weighted by atomic mass is 127. The molecule has 0 saturated carbocycles. The monoisotopic (exact) mass is 393 g/mol. The number of halogens is 3. The lowest BCUT2D eigenvalue weighted by Crippen LogP contribution is -2.01. The number of aromatic nitrogens is 1. The maximum Gasteiger partial charge on any atom is 0.183 e. The fourth-order valence-corrected chi connectivity index (χ4v) is 2.89. The molecule has 0 aliphatic carbocycles. The molecule has 0 aliphatic heterocycles. The van der Waals surface area contributed by atoms with Crippen molar-refractivity contribution >= 4 is 51.2 Å². The van der Waals surface area contributed by atoms with Gasteiger partial charge in [-0.05, 0) is 34.7 Å². The van der Waals surface area contributed by atoms with Gasteiger partial charge in [0.1, 0.15) is 11.9 Å². The summed E-state index contributed by atoms with van der Waals surface area (Å²) >= 11 is 9.14. The summed E-state index contributed by atoms with van der Waals surface area (Å²) in [5, 5.41) is 11.8. The first-order valence-corrected chi connectivity index (χ1v) is 7.10. The molecule has 3 nitrogen and oxygen atoms in total. The number of hydrogen-bond acceptors (Lipinski definition) is 4. The third kappa shape index (κ3) is 3.10. The van der Waals surface area contributed by atoms with Gasteiger partial charge in [0, 0.05) is 14.6 Å². The van der Waals surface area contributed by atoms with Crippen LogP contribution in [0.2, 0.25) is 4.47 Å². The van der Waals surface area contributed by atoms with Crippen molar-refractivity contribution in [1.82, 2.24) is 4.98 Å².